The van der Waals surface area contributed by atoms with Crippen molar-refractivity contribution in [3.05, 3.63) is 6.92 Å². The topological polar surface area (TPSA) is 18.5 Å². The molecule has 1 fully saturated rings. The van der Waals surface area contributed by atoms with E-state index in [1.807, 2.05) is 0 Å². The van der Waals surface area contributed by atoms with Crippen LogP contribution in [0.3, 0.4) is 0 Å². The summed E-state index contributed by atoms with van der Waals surface area (Å²) in [6, 6.07) is 0. The van der Waals surface area contributed by atoms with Gasteiger partial charge in [0.2, 0.25) is 0 Å². The normalized spacial score (nSPS) is 18.9. The summed E-state index contributed by atoms with van der Waals surface area (Å²) in [5.41, 5.74) is 0. The van der Waals surface area contributed by atoms with Crippen molar-refractivity contribution in [2.45, 2.75) is 19.1 Å². The molecule has 1 saturated heterocycles. The molecule has 1 rings (SSSR count). The Morgan fingerprint density at radius 3 is 2.10 bits per heavy atom. The molecule has 1 heterocycles. The van der Waals surface area contributed by atoms with E-state index >= 15 is 0 Å². The van der Waals surface area contributed by atoms with E-state index < -0.39 is 0 Å². The fourth-order valence-electron chi connectivity index (χ4n) is 0.703. The van der Waals surface area contributed by atoms with Gasteiger partial charge >= 0.3 is 0 Å². The third-order valence-corrected chi connectivity index (χ3v) is 1.13. The predicted octanol–water partition coefficient (Wildman–Crippen LogP) is -2.02. The van der Waals surface area contributed by atoms with Gasteiger partial charge < -0.3 is 26.5 Å². The Bertz CT molecular complexity index is 66.8. The van der Waals surface area contributed by atoms with Crippen LogP contribution >= 0.6 is 0 Å². The first-order valence-electron chi connectivity index (χ1n) is 2.96. The maximum absolute atomic E-state index is 5.14. The number of rotatable bonds is 1. The molecule has 1 aliphatic heterocycles. The molecule has 0 spiro atoms. The van der Waals surface area contributed by atoms with Crippen molar-refractivity contribution in [3.8, 4) is 0 Å². The first kappa shape index (κ1) is 13.6. The van der Waals surface area contributed by atoms with Crippen molar-refractivity contribution in [1.82, 2.24) is 0 Å². The van der Waals surface area contributed by atoms with E-state index in [1.165, 1.54) is 0 Å². The molecule has 0 aromatic heterocycles. The predicted molar refractivity (Wildman–Crippen MR) is 30.3 cm³/mol. The van der Waals surface area contributed by atoms with Gasteiger partial charge in [-0.1, -0.05) is 0 Å². The van der Waals surface area contributed by atoms with Crippen LogP contribution in [0, 0.1) is 6.92 Å². The molecule has 0 N–H and O–H groups in total. The van der Waals surface area contributed by atoms with Crippen LogP contribution in [0.4, 0.5) is 0 Å². The summed E-state index contributed by atoms with van der Waals surface area (Å²) in [6.07, 6.45) is 1.72. The van der Waals surface area contributed by atoms with Gasteiger partial charge in [-0.15, -0.1) is 0 Å². The van der Waals surface area contributed by atoms with Gasteiger partial charge in [0, 0.05) is 19.5 Å². The van der Waals surface area contributed by atoms with Crippen molar-refractivity contribution >= 4 is 0 Å². The summed E-state index contributed by atoms with van der Waals surface area (Å²) in [5, 5.41) is 0. The van der Waals surface area contributed by atoms with Gasteiger partial charge in [0.15, 0.2) is 6.29 Å². The van der Waals surface area contributed by atoms with Crippen LogP contribution in [-0.4, -0.2) is 19.5 Å². The van der Waals surface area contributed by atoms with Gasteiger partial charge in [-0.3, -0.25) is 0 Å². The Morgan fingerprint density at radius 2 is 1.80 bits per heavy atom. The molecule has 0 unspecified atom stereocenters. The zero-order chi connectivity index (χ0) is 5.82. The molecule has 0 bridgehead atoms. The summed E-state index contributed by atoms with van der Waals surface area (Å²) in [5.74, 6) is 0. The van der Waals surface area contributed by atoms with Crippen molar-refractivity contribution in [2.75, 3.05) is 13.2 Å². The Hall–Kier alpha value is 1.02. The fraction of sp³-hybridized carbons (Fsp3) is 0.833. The van der Waals surface area contributed by atoms with Crippen molar-refractivity contribution < 1.29 is 45.9 Å². The number of ether oxygens (including phenoxy) is 2. The third-order valence-electron chi connectivity index (χ3n) is 1.13. The van der Waals surface area contributed by atoms with Crippen LogP contribution in [0.25, 0.3) is 0 Å². The van der Waals surface area contributed by atoms with Crippen LogP contribution in [0.5, 0.6) is 0 Å². The van der Waals surface area contributed by atoms with Crippen LogP contribution < -0.4 is 17.0 Å². The van der Waals surface area contributed by atoms with Gasteiger partial charge in [0.1, 0.15) is 0 Å². The second-order valence-corrected chi connectivity index (χ2v) is 1.81. The summed E-state index contributed by atoms with van der Waals surface area (Å²) >= 11 is 0. The summed E-state index contributed by atoms with van der Waals surface area (Å²) in [4.78, 5) is 0. The monoisotopic (exact) mass is 258 g/mol. The molecule has 0 saturated carbocycles. The largest absolute Gasteiger partial charge is 1.00 e. The Labute approximate surface area is 85.2 Å². The minimum absolute atomic E-state index is 0. The Balaban J connectivity index is 0. The first-order chi connectivity index (χ1) is 3.93. The van der Waals surface area contributed by atoms with Gasteiger partial charge in [-0.05, 0) is 19.8 Å². The molecule has 2 nitrogen and oxygen atoms in total. The molecule has 1 radical (unpaired) electrons. The standard InChI is InChI=1S/C6H11O2.BrH.Zn/c1-2-6-7-4-3-5-8-6;;/h6H,1-5H2;1H;/p-1. The first-order valence-corrected chi connectivity index (χ1v) is 2.96. The SMILES string of the molecule is [Br-].[CH2]CC1OCCCO1.[Zn]. The average Bonchev–Trinajstić information content (AvgIpc) is 1.90. The van der Waals surface area contributed by atoms with E-state index in [0.717, 1.165) is 26.1 Å². The molecular weight excluding hydrogens is 249 g/mol. The molecule has 0 aromatic carbocycles. The second kappa shape index (κ2) is 8.12. The zero-order valence-corrected chi connectivity index (χ0v) is 10.6. The maximum atomic E-state index is 5.14. The number of hydrogen-bond donors (Lipinski definition) is 0. The van der Waals surface area contributed by atoms with E-state index in [9.17, 15) is 0 Å². The zero-order valence-electron chi connectivity index (χ0n) is 6.01. The third kappa shape index (κ3) is 4.78. The molecule has 4 heteroatoms. The Kier molecular flexibility index (Phi) is 11.0. The molecule has 0 atom stereocenters. The van der Waals surface area contributed by atoms with E-state index in [0.29, 0.717) is 0 Å². The van der Waals surface area contributed by atoms with E-state index in [4.69, 9.17) is 9.47 Å². The molecule has 57 valence electrons. The summed E-state index contributed by atoms with van der Waals surface area (Å²) in [7, 11) is 0. The van der Waals surface area contributed by atoms with Crippen molar-refractivity contribution in [3.63, 3.8) is 0 Å². The maximum Gasteiger partial charge on any atom is 0.157 e. The molecule has 0 aromatic rings. The van der Waals surface area contributed by atoms with Crippen LogP contribution in [-0.2, 0) is 29.0 Å². The minimum Gasteiger partial charge on any atom is -1.00 e. The second-order valence-electron chi connectivity index (χ2n) is 1.81. The average molecular weight is 260 g/mol. The molecule has 10 heavy (non-hydrogen) atoms. The molecule has 0 amide bonds. The van der Waals surface area contributed by atoms with Crippen molar-refractivity contribution in [2.24, 2.45) is 0 Å². The summed E-state index contributed by atoms with van der Waals surface area (Å²) in [6.45, 7) is 5.33. The number of hydrogen-bond acceptors (Lipinski definition) is 2. The van der Waals surface area contributed by atoms with Gasteiger partial charge in [0.25, 0.3) is 0 Å². The van der Waals surface area contributed by atoms with E-state index in [-0.39, 0.29) is 42.7 Å². The molecule has 1 aliphatic rings. The van der Waals surface area contributed by atoms with Crippen LogP contribution in [0.2, 0.25) is 0 Å². The molecular formula is C6H11BrO2Zn-. The Morgan fingerprint density at radius 1 is 1.30 bits per heavy atom. The van der Waals surface area contributed by atoms with E-state index in [1.54, 1.807) is 0 Å². The minimum atomic E-state index is -0.0243. The van der Waals surface area contributed by atoms with E-state index in [2.05, 4.69) is 6.92 Å². The smallest absolute Gasteiger partial charge is 0.157 e. The van der Waals surface area contributed by atoms with Crippen molar-refractivity contribution in [1.29, 1.82) is 0 Å². The van der Waals surface area contributed by atoms with Gasteiger partial charge in [-0.2, -0.15) is 0 Å². The fourth-order valence-corrected chi connectivity index (χ4v) is 0.703. The number of halogens is 1. The molecule has 0 aliphatic carbocycles. The van der Waals surface area contributed by atoms with Gasteiger partial charge in [0.05, 0.1) is 13.2 Å². The van der Waals surface area contributed by atoms with Crippen LogP contribution in [0.1, 0.15) is 12.8 Å². The van der Waals surface area contributed by atoms with Gasteiger partial charge in [-0.25, -0.2) is 0 Å². The quantitative estimate of drug-likeness (QED) is 0.507. The van der Waals surface area contributed by atoms with Crippen LogP contribution in [0.15, 0.2) is 0 Å². The summed E-state index contributed by atoms with van der Waals surface area (Å²) < 4.78 is 10.3.